The molecule has 0 radical (unpaired) electrons. The normalized spacial score (nSPS) is 20.7. The highest BCUT2D eigenvalue weighted by atomic mass is 127. The van der Waals surface area contributed by atoms with Crippen LogP contribution >= 0.6 is 22.6 Å². The Hall–Kier alpha value is -0.0700. The summed E-state index contributed by atoms with van der Waals surface area (Å²) in [6.07, 6.45) is 0.493. The van der Waals surface area contributed by atoms with Crippen LogP contribution in [0.3, 0.4) is 0 Å². The van der Waals surface area contributed by atoms with Crippen LogP contribution in [0.4, 0.5) is 9.18 Å². The maximum absolute atomic E-state index is 13.9. The minimum Gasteiger partial charge on any atom is -0.444 e. The van der Waals surface area contributed by atoms with Crippen LogP contribution in [0.15, 0.2) is 0 Å². The third-order valence-corrected chi connectivity index (χ3v) is 3.92. The molecule has 1 saturated heterocycles. The molecule has 0 unspecified atom stereocenters. The zero-order valence-electron chi connectivity index (χ0n) is 10.1. The average molecular weight is 343 g/mol. The number of rotatable bonds is 1. The number of amides is 1. The third-order valence-electron chi connectivity index (χ3n) is 2.55. The first-order chi connectivity index (χ1) is 7.26. The Morgan fingerprint density at radius 2 is 1.94 bits per heavy atom. The van der Waals surface area contributed by atoms with Crippen molar-refractivity contribution < 1.29 is 13.9 Å². The molecule has 0 aromatic rings. The van der Waals surface area contributed by atoms with Crippen LogP contribution in [0.25, 0.3) is 0 Å². The molecule has 94 valence electrons. The van der Waals surface area contributed by atoms with Crippen LogP contribution in [-0.2, 0) is 4.74 Å². The van der Waals surface area contributed by atoms with Gasteiger partial charge in [0.15, 0.2) is 0 Å². The summed E-state index contributed by atoms with van der Waals surface area (Å²) in [4.78, 5) is 13.3. The molecular formula is C11H19FINO2. The van der Waals surface area contributed by atoms with Gasteiger partial charge in [-0.3, -0.25) is 0 Å². The van der Waals surface area contributed by atoms with Gasteiger partial charge in [0.2, 0.25) is 0 Å². The Morgan fingerprint density at radius 1 is 1.44 bits per heavy atom. The summed E-state index contributed by atoms with van der Waals surface area (Å²) < 4.78 is 19.6. The molecule has 1 amide bonds. The fourth-order valence-corrected chi connectivity index (χ4v) is 2.31. The molecule has 1 rings (SSSR count). The first kappa shape index (κ1) is 14.0. The smallest absolute Gasteiger partial charge is 0.410 e. The van der Waals surface area contributed by atoms with Gasteiger partial charge in [0.1, 0.15) is 11.3 Å². The Morgan fingerprint density at radius 3 is 2.31 bits per heavy atom. The average Bonchev–Trinajstić information content (AvgIpc) is 2.16. The van der Waals surface area contributed by atoms with Gasteiger partial charge in [-0.1, -0.05) is 22.6 Å². The van der Waals surface area contributed by atoms with E-state index in [-0.39, 0.29) is 6.09 Å². The quantitative estimate of drug-likeness (QED) is 0.541. The van der Waals surface area contributed by atoms with E-state index in [1.807, 2.05) is 20.8 Å². The van der Waals surface area contributed by atoms with Gasteiger partial charge in [0, 0.05) is 17.5 Å². The van der Waals surface area contributed by atoms with Crippen molar-refractivity contribution in [3.8, 4) is 0 Å². The summed E-state index contributed by atoms with van der Waals surface area (Å²) in [5.74, 6) is 0. The van der Waals surface area contributed by atoms with E-state index in [2.05, 4.69) is 22.6 Å². The molecule has 0 bridgehead atoms. The second kappa shape index (κ2) is 5.06. The zero-order chi connectivity index (χ0) is 12.4. The minimum atomic E-state index is -1.10. The Bertz CT molecular complexity index is 257. The minimum absolute atomic E-state index is 0.331. The number of ether oxygens (including phenoxy) is 1. The standard InChI is InChI=1S/C11H19FINO2/c1-10(2,3)16-9(15)14-6-4-11(12,8-13)5-7-14/h4-8H2,1-3H3. The van der Waals surface area contributed by atoms with Gasteiger partial charge in [-0.15, -0.1) is 0 Å². The number of likely N-dealkylation sites (tertiary alicyclic amines) is 1. The fraction of sp³-hybridized carbons (Fsp3) is 0.909. The molecule has 1 heterocycles. The summed E-state index contributed by atoms with van der Waals surface area (Å²) in [7, 11) is 0. The molecule has 1 aliphatic rings. The molecule has 0 aromatic carbocycles. The largest absolute Gasteiger partial charge is 0.444 e. The Kier molecular flexibility index (Phi) is 4.42. The summed E-state index contributed by atoms with van der Waals surface area (Å²) in [5.41, 5.74) is -1.58. The van der Waals surface area contributed by atoms with Crippen molar-refractivity contribution in [3.05, 3.63) is 0 Å². The van der Waals surface area contributed by atoms with Gasteiger partial charge in [0.25, 0.3) is 0 Å². The fourth-order valence-electron chi connectivity index (χ4n) is 1.55. The maximum atomic E-state index is 13.9. The van der Waals surface area contributed by atoms with Crippen molar-refractivity contribution in [1.29, 1.82) is 0 Å². The van der Waals surface area contributed by atoms with Crippen molar-refractivity contribution in [2.24, 2.45) is 0 Å². The van der Waals surface area contributed by atoms with Crippen LogP contribution in [0.5, 0.6) is 0 Å². The van der Waals surface area contributed by atoms with Gasteiger partial charge in [-0.25, -0.2) is 9.18 Å². The van der Waals surface area contributed by atoms with Gasteiger partial charge in [0.05, 0.1) is 0 Å². The van der Waals surface area contributed by atoms with Gasteiger partial charge in [-0.2, -0.15) is 0 Å². The summed E-state index contributed by atoms with van der Waals surface area (Å²) >= 11 is 2.06. The lowest BCUT2D eigenvalue weighted by Gasteiger charge is -2.36. The lowest BCUT2D eigenvalue weighted by Crippen LogP contribution is -2.46. The molecule has 0 N–H and O–H groups in total. The highest BCUT2D eigenvalue weighted by Crippen LogP contribution is 2.29. The second-order valence-corrected chi connectivity index (χ2v) is 6.01. The Balaban J connectivity index is 2.45. The number of carbonyl (C=O) groups is 1. The predicted molar refractivity (Wildman–Crippen MR) is 69.8 cm³/mol. The number of carbonyl (C=O) groups excluding carboxylic acids is 1. The van der Waals surface area contributed by atoms with Crippen LogP contribution < -0.4 is 0 Å². The lowest BCUT2D eigenvalue weighted by atomic mass is 9.96. The Labute approximate surface area is 110 Å². The molecule has 0 aliphatic carbocycles. The van der Waals surface area contributed by atoms with E-state index in [0.29, 0.717) is 30.4 Å². The van der Waals surface area contributed by atoms with Crippen LogP contribution in [-0.4, -0.2) is 39.8 Å². The van der Waals surface area contributed by atoms with E-state index in [0.717, 1.165) is 0 Å². The first-order valence-corrected chi connectivity index (χ1v) is 7.01. The van der Waals surface area contributed by atoms with Crippen LogP contribution in [0, 0.1) is 0 Å². The van der Waals surface area contributed by atoms with E-state index >= 15 is 0 Å². The third kappa shape index (κ3) is 4.07. The SMILES string of the molecule is CC(C)(C)OC(=O)N1CCC(F)(CI)CC1. The van der Waals surface area contributed by atoms with E-state index in [1.54, 1.807) is 4.90 Å². The van der Waals surface area contributed by atoms with Crippen LogP contribution in [0.2, 0.25) is 0 Å². The van der Waals surface area contributed by atoms with Crippen LogP contribution in [0.1, 0.15) is 33.6 Å². The highest BCUT2D eigenvalue weighted by molar-refractivity contribution is 14.1. The van der Waals surface area contributed by atoms with E-state index in [1.165, 1.54) is 0 Å². The number of nitrogens with zero attached hydrogens (tertiary/aromatic N) is 1. The molecule has 16 heavy (non-hydrogen) atoms. The van der Waals surface area contributed by atoms with Gasteiger partial charge < -0.3 is 9.64 Å². The summed E-state index contributed by atoms with van der Waals surface area (Å²) in [6, 6.07) is 0. The molecule has 0 spiro atoms. The number of hydrogen-bond acceptors (Lipinski definition) is 2. The first-order valence-electron chi connectivity index (χ1n) is 5.49. The molecule has 0 saturated carbocycles. The number of piperidine rings is 1. The predicted octanol–water partition coefficient (Wildman–Crippen LogP) is 3.16. The highest BCUT2D eigenvalue weighted by Gasteiger charge is 2.36. The lowest BCUT2D eigenvalue weighted by molar-refractivity contribution is 0.00796. The van der Waals surface area contributed by atoms with Crippen molar-refractivity contribution in [2.45, 2.75) is 44.9 Å². The number of halogens is 2. The topological polar surface area (TPSA) is 29.5 Å². The molecule has 5 heteroatoms. The van der Waals surface area contributed by atoms with Crippen molar-refractivity contribution in [3.63, 3.8) is 0 Å². The monoisotopic (exact) mass is 343 g/mol. The molecule has 1 aliphatic heterocycles. The molecular weight excluding hydrogens is 324 g/mol. The second-order valence-electron chi connectivity index (χ2n) is 5.25. The molecule has 0 atom stereocenters. The maximum Gasteiger partial charge on any atom is 0.410 e. The molecule has 3 nitrogen and oxygen atoms in total. The number of alkyl halides is 2. The van der Waals surface area contributed by atoms with Gasteiger partial charge in [-0.05, 0) is 33.6 Å². The van der Waals surface area contributed by atoms with Crippen molar-refractivity contribution >= 4 is 28.7 Å². The van der Waals surface area contributed by atoms with Crippen molar-refractivity contribution in [1.82, 2.24) is 4.90 Å². The van der Waals surface area contributed by atoms with E-state index < -0.39 is 11.3 Å². The van der Waals surface area contributed by atoms with E-state index in [4.69, 9.17) is 4.74 Å². The van der Waals surface area contributed by atoms with E-state index in [9.17, 15) is 9.18 Å². The molecule has 1 fully saturated rings. The zero-order valence-corrected chi connectivity index (χ0v) is 12.2. The van der Waals surface area contributed by atoms with Crippen molar-refractivity contribution in [2.75, 3.05) is 17.5 Å². The number of hydrogen-bond donors (Lipinski definition) is 0. The summed E-state index contributed by atoms with van der Waals surface area (Å²) in [6.45, 7) is 6.40. The summed E-state index contributed by atoms with van der Waals surface area (Å²) in [5, 5.41) is 0. The van der Waals surface area contributed by atoms with Gasteiger partial charge >= 0.3 is 6.09 Å². The molecule has 0 aromatic heterocycles.